The second-order valence-corrected chi connectivity index (χ2v) is 16.2. The summed E-state index contributed by atoms with van der Waals surface area (Å²) in [5.41, 5.74) is -0.767. The van der Waals surface area contributed by atoms with Crippen molar-refractivity contribution in [2.45, 2.75) is 96.9 Å². The number of rotatable bonds is 20. The van der Waals surface area contributed by atoms with Crippen molar-refractivity contribution < 1.29 is 79.2 Å². The predicted octanol–water partition coefficient (Wildman–Crippen LogP) is 1.62. The Morgan fingerprint density at radius 1 is 0.548 bits per heavy atom. The van der Waals surface area contributed by atoms with E-state index in [0.29, 0.717) is 5.57 Å². The van der Waals surface area contributed by atoms with E-state index in [0.717, 1.165) is 0 Å². The molecule has 0 saturated carbocycles. The van der Waals surface area contributed by atoms with Crippen LogP contribution in [-0.4, -0.2) is 105 Å². The molecule has 2 aromatic rings. The lowest BCUT2D eigenvalue weighted by atomic mass is 9.71. The van der Waals surface area contributed by atoms with Gasteiger partial charge in [-0.1, -0.05) is 13.8 Å². The number of carboxylic acid groups (broad SMARTS) is 8. The molecule has 20 nitrogen and oxygen atoms in total. The smallest absolute Gasteiger partial charge is 0.307 e. The van der Waals surface area contributed by atoms with Gasteiger partial charge in [-0.2, -0.15) is 0 Å². The molecule has 20 heteroatoms. The minimum absolute atomic E-state index is 0.120. The Hall–Kier alpha value is -7.12. The van der Waals surface area contributed by atoms with Crippen molar-refractivity contribution in [3.63, 3.8) is 0 Å². The molecule has 2 aromatic heterocycles. The van der Waals surface area contributed by atoms with Gasteiger partial charge in [-0.05, 0) is 77.8 Å². The van der Waals surface area contributed by atoms with Crippen LogP contribution < -0.4 is 21.3 Å². The number of aliphatic carboxylic acids is 8. The molecule has 0 aliphatic carbocycles. The molecule has 0 spiro atoms. The molecular weight excluding hydrogens is 816 g/mol. The highest BCUT2D eigenvalue weighted by Crippen LogP contribution is 2.52. The van der Waals surface area contributed by atoms with E-state index in [9.17, 15) is 79.2 Å². The molecule has 1 unspecified atom stereocenters. The first kappa shape index (κ1) is 46.0. The molecular formula is C42H48N4O16. The fourth-order valence-electron chi connectivity index (χ4n) is 9.08. The number of nitrogens with one attached hydrogen (secondary N) is 4. The van der Waals surface area contributed by atoms with Gasteiger partial charge in [-0.15, -0.1) is 0 Å². The van der Waals surface area contributed by atoms with Crippen molar-refractivity contribution in [2.75, 3.05) is 0 Å². The van der Waals surface area contributed by atoms with Gasteiger partial charge in [-0.25, -0.2) is 0 Å². The molecule has 3 aliphatic rings. The Labute approximate surface area is 352 Å². The zero-order valence-electron chi connectivity index (χ0n) is 33.8. The summed E-state index contributed by atoms with van der Waals surface area (Å²) < 4.78 is 0. The first-order chi connectivity index (χ1) is 29.0. The third-order valence-corrected chi connectivity index (χ3v) is 11.9. The Morgan fingerprint density at radius 2 is 1.08 bits per heavy atom. The zero-order valence-corrected chi connectivity index (χ0v) is 33.8. The predicted molar refractivity (Wildman–Crippen MR) is 215 cm³/mol. The van der Waals surface area contributed by atoms with E-state index in [1.807, 2.05) is 0 Å². The minimum atomic E-state index is -1.43. The van der Waals surface area contributed by atoms with Gasteiger partial charge in [-0.3, -0.25) is 38.4 Å². The van der Waals surface area contributed by atoms with E-state index in [1.165, 1.54) is 24.3 Å². The van der Waals surface area contributed by atoms with Gasteiger partial charge in [0, 0.05) is 81.6 Å². The van der Waals surface area contributed by atoms with Gasteiger partial charge in [0.25, 0.3) is 0 Å². The summed E-state index contributed by atoms with van der Waals surface area (Å²) in [5.74, 6) is -10.9. The van der Waals surface area contributed by atoms with E-state index < -0.39 is 122 Å². The number of allylic oxidation sites excluding steroid dienone is 3. The van der Waals surface area contributed by atoms with Crippen LogP contribution in [0.4, 0.5) is 0 Å². The molecule has 62 heavy (non-hydrogen) atoms. The Kier molecular flexibility index (Phi) is 13.5. The second kappa shape index (κ2) is 18.2. The molecule has 0 radical (unpaired) electrons. The number of carboxylic acids is 8. The van der Waals surface area contributed by atoms with Gasteiger partial charge >= 0.3 is 47.8 Å². The second-order valence-electron chi connectivity index (χ2n) is 16.2. The molecule has 3 aliphatic heterocycles. The number of aromatic amines is 2. The van der Waals surface area contributed by atoms with Crippen molar-refractivity contribution in [2.24, 2.45) is 16.7 Å². The van der Waals surface area contributed by atoms with E-state index in [4.69, 9.17) is 0 Å². The molecule has 5 heterocycles. The van der Waals surface area contributed by atoms with Crippen LogP contribution in [0.5, 0.6) is 0 Å². The molecule has 5 rings (SSSR count). The van der Waals surface area contributed by atoms with Crippen LogP contribution in [0.3, 0.4) is 0 Å². The van der Waals surface area contributed by atoms with Crippen molar-refractivity contribution >= 4 is 66.0 Å². The molecule has 1 fully saturated rings. The van der Waals surface area contributed by atoms with Gasteiger partial charge < -0.3 is 61.5 Å². The van der Waals surface area contributed by atoms with Crippen LogP contribution in [0.1, 0.15) is 98.9 Å². The van der Waals surface area contributed by atoms with Crippen molar-refractivity contribution in [3.8, 4) is 0 Å². The SMILES string of the molecule is C[C@]1(CC(=O)O)C(CCC(=O)O)=C2/C=C3\N/C(=C\c4[nH]c(c(CCC(=O)O)c4CC(=O)O)/C=c4\[nH]/c(c(CC(=O)O)c4CCC(=O)O)=C\C1N2)[C@@H](CCC(=O)O)[C@]3(C)CC(=O)O. The summed E-state index contributed by atoms with van der Waals surface area (Å²) in [5, 5.41) is 86.6. The lowest BCUT2D eigenvalue weighted by Gasteiger charge is -2.31. The maximum atomic E-state index is 12.6. The van der Waals surface area contributed by atoms with E-state index in [1.54, 1.807) is 13.8 Å². The molecule has 12 N–H and O–H groups in total. The van der Waals surface area contributed by atoms with Gasteiger partial charge in [0.2, 0.25) is 0 Å². The average Bonchev–Trinajstić information content (AvgIpc) is 3.77. The number of aromatic nitrogens is 2. The highest BCUT2D eigenvalue weighted by atomic mass is 16.4. The molecule has 1 saturated heterocycles. The van der Waals surface area contributed by atoms with E-state index >= 15 is 0 Å². The maximum absolute atomic E-state index is 12.6. The topological polar surface area (TPSA) is 354 Å². The summed E-state index contributed by atoms with van der Waals surface area (Å²) in [6.07, 6.45) is 1.09. The lowest BCUT2D eigenvalue weighted by Crippen LogP contribution is -2.39. The highest BCUT2D eigenvalue weighted by Gasteiger charge is 2.50. The molecule has 8 bridgehead atoms. The number of fused-ring (bicyclic) bond motifs is 8. The summed E-state index contributed by atoms with van der Waals surface area (Å²) in [6, 6.07) is -1.02. The largest absolute Gasteiger partial charge is 0.481 e. The van der Waals surface area contributed by atoms with Crippen molar-refractivity contribution in [1.29, 1.82) is 0 Å². The number of hydrogen-bond donors (Lipinski definition) is 12. The van der Waals surface area contributed by atoms with Crippen LogP contribution in [0.15, 0.2) is 28.7 Å². The lowest BCUT2D eigenvalue weighted by molar-refractivity contribution is -0.140. The number of H-pyrrole nitrogens is 2. The zero-order chi connectivity index (χ0) is 45.8. The van der Waals surface area contributed by atoms with Crippen LogP contribution in [0.2, 0.25) is 0 Å². The summed E-state index contributed by atoms with van der Waals surface area (Å²) in [6.45, 7) is 3.18. The molecule has 332 valence electrons. The van der Waals surface area contributed by atoms with Gasteiger partial charge in [0.15, 0.2) is 0 Å². The van der Waals surface area contributed by atoms with Gasteiger partial charge in [0.1, 0.15) is 0 Å². The molecule has 4 atom stereocenters. The van der Waals surface area contributed by atoms with Gasteiger partial charge in [0.05, 0.1) is 31.7 Å². The third kappa shape index (κ3) is 10.1. The van der Waals surface area contributed by atoms with Crippen LogP contribution in [-0.2, 0) is 64.0 Å². The van der Waals surface area contributed by atoms with Crippen molar-refractivity contribution in [3.05, 3.63) is 73.1 Å². The van der Waals surface area contributed by atoms with Crippen LogP contribution in [0.25, 0.3) is 18.2 Å². The summed E-state index contributed by atoms with van der Waals surface area (Å²) in [7, 11) is 0. The normalized spacial score (nSPS) is 24.2. The first-order valence-electron chi connectivity index (χ1n) is 19.6. The Bertz CT molecular complexity index is 2470. The average molecular weight is 865 g/mol. The molecule has 0 aromatic carbocycles. The monoisotopic (exact) mass is 864 g/mol. The summed E-state index contributed by atoms with van der Waals surface area (Å²) >= 11 is 0. The van der Waals surface area contributed by atoms with E-state index in [-0.39, 0.29) is 87.1 Å². The Morgan fingerprint density at radius 3 is 1.65 bits per heavy atom. The van der Waals surface area contributed by atoms with Crippen molar-refractivity contribution in [1.82, 2.24) is 20.6 Å². The number of hydrogen-bond acceptors (Lipinski definition) is 10. The van der Waals surface area contributed by atoms with Crippen LogP contribution in [0, 0.1) is 16.7 Å². The quantitative estimate of drug-likeness (QED) is 0.0899. The molecule has 0 amide bonds. The summed E-state index contributed by atoms with van der Waals surface area (Å²) in [4.78, 5) is 104. The van der Waals surface area contributed by atoms with E-state index in [2.05, 4.69) is 20.6 Å². The van der Waals surface area contributed by atoms with Crippen LogP contribution >= 0.6 is 0 Å². The fraction of sp³-hybridized carbons (Fsp3) is 0.429. The fourth-order valence-corrected chi connectivity index (χ4v) is 9.08. The minimum Gasteiger partial charge on any atom is -0.481 e. The number of carbonyl (C=O) groups is 8. The first-order valence-corrected chi connectivity index (χ1v) is 19.6. The Balaban J connectivity index is 2.02. The maximum Gasteiger partial charge on any atom is 0.307 e. The third-order valence-electron chi connectivity index (χ3n) is 11.9. The standard InChI is InChI=1S/C42H48N4O16/c1-41(17-39(59)60)23(5-9-35(51)52)29-14-27-21(11-37(55)56)19(3-7-33(47)48)25(43-27)13-26-20(4-8-34(49)50)22(12-38(57)58)28(44-26)15-31-42(2,18-40(61)62)24(6-10-36(53)54)30(46-31)16-32(41)45-29/h13-16,23,31,43-46H,3-12,17-18H2,1-2H3,(H,47,48)(H,49,50)(H,51,52)(H,53,54)(H,55,56)(H,57,58)(H,59,60)(H,61,62)/b26-13-,28-15-,29-14-,32-16-/t23-,31?,41+,42+/m1/s1. The highest BCUT2D eigenvalue weighted by molar-refractivity contribution is 5.78.